The van der Waals surface area contributed by atoms with Gasteiger partial charge in [0.1, 0.15) is 12.1 Å². The Kier molecular flexibility index (Phi) is 6.02. The monoisotopic (exact) mass is 432 g/mol. The van der Waals surface area contributed by atoms with Gasteiger partial charge in [0.2, 0.25) is 5.91 Å². The Bertz CT molecular complexity index is 1370. The molecule has 0 saturated heterocycles. The maximum Gasteiger partial charge on any atom is 0.340 e. The van der Waals surface area contributed by atoms with E-state index in [0.717, 1.165) is 27.4 Å². The second-order valence-electron chi connectivity index (χ2n) is 7.35. The minimum absolute atomic E-state index is 0.228. The number of amides is 1. The standard InChI is InChI=1S/C24H24N4O4/c1-3-13-27-20-12-8-6-9-16(20)18-14-25-28(23(30)22(18)27)15-21(29)26-19-11-7-5-10-17(19)24(31)32-4-2/h5-12,14H,3-4,13,15H2,1-2H3,(H,26,29). The second kappa shape index (κ2) is 9.05. The Morgan fingerprint density at radius 2 is 1.78 bits per heavy atom. The molecule has 2 aromatic carbocycles. The van der Waals surface area contributed by atoms with Crippen molar-refractivity contribution in [3.05, 3.63) is 70.6 Å². The van der Waals surface area contributed by atoms with E-state index in [2.05, 4.69) is 17.3 Å². The minimum Gasteiger partial charge on any atom is -0.462 e. The lowest BCUT2D eigenvalue weighted by Gasteiger charge is -2.11. The Morgan fingerprint density at radius 1 is 1.03 bits per heavy atom. The molecule has 32 heavy (non-hydrogen) atoms. The van der Waals surface area contributed by atoms with Gasteiger partial charge in [-0.2, -0.15) is 5.10 Å². The second-order valence-corrected chi connectivity index (χ2v) is 7.35. The molecule has 4 rings (SSSR count). The van der Waals surface area contributed by atoms with Crippen molar-refractivity contribution in [1.29, 1.82) is 0 Å². The van der Waals surface area contributed by atoms with E-state index < -0.39 is 11.9 Å². The first-order chi connectivity index (χ1) is 15.5. The molecular weight excluding hydrogens is 408 g/mol. The molecule has 0 spiro atoms. The van der Waals surface area contributed by atoms with Crippen LogP contribution < -0.4 is 10.9 Å². The molecule has 1 N–H and O–H groups in total. The van der Waals surface area contributed by atoms with Gasteiger partial charge in [-0.25, -0.2) is 9.48 Å². The molecule has 0 radical (unpaired) electrons. The van der Waals surface area contributed by atoms with Gasteiger partial charge in [0.25, 0.3) is 5.56 Å². The first-order valence-corrected chi connectivity index (χ1v) is 10.6. The molecule has 0 aliphatic carbocycles. The third-order valence-electron chi connectivity index (χ3n) is 5.21. The number of aryl methyl sites for hydroxylation is 1. The molecule has 0 fully saturated rings. The summed E-state index contributed by atoms with van der Waals surface area (Å²) in [6, 6.07) is 14.4. The number of hydrogen-bond donors (Lipinski definition) is 1. The van der Waals surface area contributed by atoms with Gasteiger partial charge in [0, 0.05) is 22.8 Å². The van der Waals surface area contributed by atoms with Crippen molar-refractivity contribution in [3.63, 3.8) is 0 Å². The summed E-state index contributed by atoms with van der Waals surface area (Å²) in [6.45, 7) is 4.40. The zero-order chi connectivity index (χ0) is 22.7. The zero-order valence-corrected chi connectivity index (χ0v) is 18.0. The highest BCUT2D eigenvalue weighted by molar-refractivity contribution is 6.07. The molecule has 4 aromatic rings. The van der Waals surface area contributed by atoms with Gasteiger partial charge in [-0.15, -0.1) is 0 Å². The van der Waals surface area contributed by atoms with E-state index in [9.17, 15) is 14.4 Å². The van der Waals surface area contributed by atoms with Crippen LogP contribution in [0.2, 0.25) is 0 Å². The Labute approximate surface area is 184 Å². The van der Waals surface area contributed by atoms with E-state index in [0.29, 0.717) is 17.7 Å². The largest absolute Gasteiger partial charge is 0.462 e. The van der Waals surface area contributed by atoms with Crippen LogP contribution in [0, 0.1) is 0 Å². The molecule has 8 heteroatoms. The molecule has 0 aliphatic heterocycles. The summed E-state index contributed by atoms with van der Waals surface area (Å²) < 4.78 is 8.17. The van der Waals surface area contributed by atoms with E-state index in [1.54, 1.807) is 37.4 Å². The first-order valence-electron chi connectivity index (χ1n) is 10.6. The minimum atomic E-state index is -0.524. The lowest BCUT2D eigenvalue weighted by Crippen LogP contribution is -2.30. The van der Waals surface area contributed by atoms with Crippen LogP contribution in [-0.2, 0) is 22.6 Å². The van der Waals surface area contributed by atoms with Gasteiger partial charge in [0.05, 0.1) is 24.1 Å². The predicted octanol–water partition coefficient (Wildman–Crippen LogP) is 3.58. The molecule has 164 valence electrons. The summed E-state index contributed by atoms with van der Waals surface area (Å²) >= 11 is 0. The van der Waals surface area contributed by atoms with Crippen molar-refractivity contribution in [2.24, 2.45) is 0 Å². The van der Waals surface area contributed by atoms with E-state index in [4.69, 9.17) is 4.74 Å². The van der Waals surface area contributed by atoms with Gasteiger partial charge in [0.15, 0.2) is 0 Å². The Morgan fingerprint density at radius 3 is 2.56 bits per heavy atom. The fourth-order valence-electron chi connectivity index (χ4n) is 3.87. The number of hydrogen-bond acceptors (Lipinski definition) is 5. The highest BCUT2D eigenvalue weighted by Gasteiger charge is 2.18. The van der Waals surface area contributed by atoms with E-state index >= 15 is 0 Å². The number of carbonyl (C=O) groups excluding carboxylic acids is 2. The number of rotatable bonds is 7. The van der Waals surface area contributed by atoms with Gasteiger partial charge < -0.3 is 14.6 Å². The quantitative estimate of drug-likeness (QED) is 0.451. The number of esters is 1. The van der Waals surface area contributed by atoms with Gasteiger partial charge in [-0.3, -0.25) is 9.59 Å². The number of benzene rings is 2. The van der Waals surface area contributed by atoms with E-state index in [1.807, 2.05) is 28.8 Å². The van der Waals surface area contributed by atoms with Crippen molar-refractivity contribution in [3.8, 4) is 0 Å². The smallest absolute Gasteiger partial charge is 0.340 e. The SMILES string of the molecule is CCCn1c2ccccc2c2cnn(CC(=O)Nc3ccccc3C(=O)OCC)c(=O)c21. The molecule has 1 amide bonds. The van der Waals surface area contributed by atoms with Crippen molar-refractivity contribution in [2.45, 2.75) is 33.4 Å². The predicted molar refractivity (Wildman–Crippen MR) is 123 cm³/mol. The average molecular weight is 432 g/mol. The van der Waals surface area contributed by atoms with Crippen molar-refractivity contribution in [2.75, 3.05) is 11.9 Å². The van der Waals surface area contributed by atoms with Crippen LogP contribution in [0.1, 0.15) is 30.6 Å². The van der Waals surface area contributed by atoms with Crippen molar-refractivity contribution >= 4 is 39.4 Å². The van der Waals surface area contributed by atoms with Crippen molar-refractivity contribution in [1.82, 2.24) is 14.3 Å². The summed E-state index contributed by atoms with van der Waals surface area (Å²) in [6.07, 6.45) is 2.49. The first kappa shape index (κ1) is 21.3. The molecular formula is C24H24N4O4. The molecule has 0 bridgehead atoms. The summed E-state index contributed by atoms with van der Waals surface area (Å²) in [5.74, 6) is -0.988. The third kappa shape index (κ3) is 3.87. The fourth-order valence-corrected chi connectivity index (χ4v) is 3.87. The van der Waals surface area contributed by atoms with Crippen LogP contribution in [0.25, 0.3) is 21.8 Å². The molecule has 2 heterocycles. The highest BCUT2D eigenvalue weighted by Crippen LogP contribution is 2.26. The van der Waals surface area contributed by atoms with Crippen molar-refractivity contribution < 1.29 is 14.3 Å². The summed E-state index contributed by atoms with van der Waals surface area (Å²) in [5.41, 5.74) is 1.74. The topological polar surface area (TPSA) is 95.2 Å². The fraction of sp³-hybridized carbons (Fsp3) is 0.250. The van der Waals surface area contributed by atoms with E-state index in [-0.39, 0.29) is 24.3 Å². The highest BCUT2D eigenvalue weighted by atomic mass is 16.5. The molecule has 0 aliphatic rings. The van der Waals surface area contributed by atoms with Gasteiger partial charge in [-0.05, 0) is 31.5 Å². The number of para-hydroxylation sites is 2. The Hall–Kier alpha value is -3.94. The van der Waals surface area contributed by atoms with Crippen LogP contribution in [0.15, 0.2) is 59.5 Å². The number of fused-ring (bicyclic) bond motifs is 3. The van der Waals surface area contributed by atoms with Gasteiger partial charge >= 0.3 is 5.97 Å². The lowest BCUT2D eigenvalue weighted by molar-refractivity contribution is -0.117. The number of ether oxygens (including phenoxy) is 1. The Balaban J connectivity index is 1.67. The number of nitrogens with zero attached hydrogens (tertiary/aromatic N) is 3. The molecule has 8 nitrogen and oxygen atoms in total. The van der Waals surface area contributed by atoms with Crippen LogP contribution in [0.3, 0.4) is 0 Å². The van der Waals surface area contributed by atoms with Crippen LogP contribution in [0.4, 0.5) is 5.69 Å². The zero-order valence-electron chi connectivity index (χ0n) is 18.0. The number of aromatic nitrogens is 3. The number of carbonyl (C=O) groups is 2. The van der Waals surface area contributed by atoms with E-state index in [1.165, 1.54) is 0 Å². The lowest BCUT2D eigenvalue weighted by atomic mass is 10.2. The summed E-state index contributed by atoms with van der Waals surface area (Å²) in [7, 11) is 0. The third-order valence-corrected chi connectivity index (χ3v) is 5.21. The normalized spacial score (nSPS) is 11.1. The summed E-state index contributed by atoms with van der Waals surface area (Å²) in [4.78, 5) is 38.1. The maximum atomic E-state index is 13.3. The average Bonchev–Trinajstić information content (AvgIpc) is 3.11. The van der Waals surface area contributed by atoms with Crippen LogP contribution in [-0.4, -0.2) is 32.8 Å². The molecule has 0 unspecified atom stereocenters. The maximum absolute atomic E-state index is 13.3. The number of nitrogens with one attached hydrogen (secondary N) is 1. The summed E-state index contributed by atoms with van der Waals surface area (Å²) in [5, 5.41) is 8.66. The number of anilines is 1. The molecule has 0 atom stereocenters. The van der Waals surface area contributed by atoms with Gasteiger partial charge in [-0.1, -0.05) is 37.3 Å². The molecule has 2 aromatic heterocycles. The van der Waals surface area contributed by atoms with Crippen LogP contribution in [0.5, 0.6) is 0 Å². The molecule has 0 saturated carbocycles. The van der Waals surface area contributed by atoms with Crippen LogP contribution >= 0.6 is 0 Å².